The molecule has 8 nitrogen and oxygen atoms in total. The second kappa shape index (κ2) is 5.44. The van der Waals surface area contributed by atoms with E-state index >= 15 is 0 Å². The fourth-order valence-corrected chi connectivity index (χ4v) is 2.86. The summed E-state index contributed by atoms with van der Waals surface area (Å²) in [5.41, 5.74) is 0.0363. The lowest BCUT2D eigenvalue weighted by Crippen LogP contribution is -2.13. The van der Waals surface area contributed by atoms with E-state index in [9.17, 15) is 13.2 Å². The third-order valence-electron chi connectivity index (χ3n) is 2.72. The zero-order valence-electron chi connectivity index (χ0n) is 11.3. The normalized spacial score (nSPS) is 11.1. The summed E-state index contributed by atoms with van der Waals surface area (Å²) in [5.74, 6) is -1.09. The second-order valence-electron chi connectivity index (χ2n) is 4.14. The molecule has 2 N–H and O–H groups in total. The average molecular weight is 311 g/mol. The van der Waals surface area contributed by atoms with Gasteiger partial charge in [0.15, 0.2) is 0 Å². The number of ether oxygens (including phenoxy) is 1. The maximum Gasteiger partial charge on any atom is 0.352 e. The van der Waals surface area contributed by atoms with Gasteiger partial charge in [0.25, 0.3) is 10.0 Å². The van der Waals surface area contributed by atoms with Gasteiger partial charge in [-0.25, -0.2) is 18.2 Å². The Morgan fingerprint density at radius 1 is 1.48 bits per heavy atom. The zero-order valence-corrected chi connectivity index (χ0v) is 12.1. The lowest BCUT2D eigenvalue weighted by molar-refractivity contribution is 0.0686. The lowest BCUT2D eigenvalue weighted by atomic mass is 10.4. The lowest BCUT2D eigenvalue weighted by Gasteiger charge is -2.09. The molecule has 0 radical (unpaired) electrons. The van der Waals surface area contributed by atoms with Gasteiger partial charge in [0.2, 0.25) is 5.88 Å². The highest BCUT2D eigenvalue weighted by molar-refractivity contribution is 7.92. The number of hydrogen-bond donors (Lipinski definition) is 2. The monoisotopic (exact) mass is 311 g/mol. The minimum Gasteiger partial charge on any atom is -0.480 e. The van der Waals surface area contributed by atoms with Gasteiger partial charge < -0.3 is 14.4 Å². The first-order valence-electron chi connectivity index (χ1n) is 5.76. The molecule has 0 aromatic carbocycles. The Morgan fingerprint density at radius 3 is 2.76 bits per heavy atom. The molecule has 0 spiro atoms. The number of aromatic nitrogens is 2. The van der Waals surface area contributed by atoms with E-state index in [1.54, 1.807) is 6.07 Å². The highest BCUT2D eigenvalue weighted by atomic mass is 32.2. The van der Waals surface area contributed by atoms with Crippen molar-refractivity contribution in [2.45, 2.75) is 4.90 Å². The van der Waals surface area contributed by atoms with Crippen LogP contribution in [-0.2, 0) is 17.1 Å². The molecule has 21 heavy (non-hydrogen) atoms. The molecule has 0 saturated heterocycles. The van der Waals surface area contributed by atoms with Crippen molar-refractivity contribution in [1.82, 2.24) is 9.55 Å². The van der Waals surface area contributed by atoms with E-state index in [-0.39, 0.29) is 22.2 Å². The first-order valence-corrected chi connectivity index (χ1v) is 7.25. The van der Waals surface area contributed by atoms with Crippen LogP contribution in [0.2, 0.25) is 0 Å². The third-order valence-corrected chi connectivity index (χ3v) is 4.05. The van der Waals surface area contributed by atoms with E-state index in [0.29, 0.717) is 0 Å². The van der Waals surface area contributed by atoms with Crippen LogP contribution >= 0.6 is 0 Å². The SMILES string of the molecule is COc1ncccc1NS(=O)(=O)c1cc(C(=O)O)n(C)c1. The number of hydrogen-bond acceptors (Lipinski definition) is 5. The quantitative estimate of drug-likeness (QED) is 0.849. The molecule has 2 rings (SSSR count). The molecule has 112 valence electrons. The summed E-state index contributed by atoms with van der Waals surface area (Å²) >= 11 is 0. The van der Waals surface area contributed by atoms with Crippen molar-refractivity contribution < 1.29 is 23.1 Å². The van der Waals surface area contributed by atoms with Crippen LogP contribution < -0.4 is 9.46 Å². The van der Waals surface area contributed by atoms with Crippen LogP contribution in [0.15, 0.2) is 35.5 Å². The van der Waals surface area contributed by atoms with Crippen molar-refractivity contribution in [3.8, 4) is 5.88 Å². The Balaban J connectivity index is 2.39. The van der Waals surface area contributed by atoms with Crippen molar-refractivity contribution in [2.24, 2.45) is 7.05 Å². The molecular weight excluding hydrogens is 298 g/mol. The minimum atomic E-state index is -3.94. The summed E-state index contributed by atoms with van der Waals surface area (Å²) in [6.07, 6.45) is 2.68. The van der Waals surface area contributed by atoms with E-state index in [1.807, 2.05) is 0 Å². The molecule has 0 unspecified atom stereocenters. The number of anilines is 1. The van der Waals surface area contributed by atoms with Crippen molar-refractivity contribution in [2.75, 3.05) is 11.8 Å². The van der Waals surface area contributed by atoms with Crippen LogP contribution in [0.3, 0.4) is 0 Å². The van der Waals surface area contributed by atoms with Gasteiger partial charge in [-0.05, 0) is 18.2 Å². The molecule has 0 bridgehead atoms. The number of nitrogens with zero attached hydrogens (tertiary/aromatic N) is 2. The fourth-order valence-electron chi connectivity index (χ4n) is 1.73. The van der Waals surface area contributed by atoms with Crippen molar-refractivity contribution >= 4 is 21.7 Å². The van der Waals surface area contributed by atoms with E-state index in [2.05, 4.69) is 9.71 Å². The van der Waals surface area contributed by atoms with Gasteiger partial charge in [0.1, 0.15) is 16.3 Å². The van der Waals surface area contributed by atoms with Crippen molar-refractivity contribution in [3.63, 3.8) is 0 Å². The average Bonchev–Trinajstić information content (AvgIpc) is 2.82. The summed E-state index contributed by atoms with van der Waals surface area (Å²) in [4.78, 5) is 14.7. The van der Waals surface area contributed by atoms with E-state index in [0.717, 1.165) is 6.07 Å². The number of aryl methyl sites for hydroxylation is 1. The fraction of sp³-hybridized carbons (Fsp3) is 0.167. The van der Waals surface area contributed by atoms with Crippen LogP contribution in [0.4, 0.5) is 5.69 Å². The number of carboxylic acids is 1. The molecule has 0 saturated carbocycles. The van der Waals surface area contributed by atoms with Gasteiger partial charge in [-0.15, -0.1) is 0 Å². The molecule has 0 atom stereocenters. The zero-order chi connectivity index (χ0) is 15.6. The number of pyridine rings is 1. The number of sulfonamides is 1. The van der Waals surface area contributed by atoms with Crippen molar-refractivity contribution in [3.05, 3.63) is 36.3 Å². The van der Waals surface area contributed by atoms with E-state index in [4.69, 9.17) is 9.84 Å². The van der Waals surface area contributed by atoms with Crippen molar-refractivity contribution in [1.29, 1.82) is 0 Å². The summed E-state index contributed by atoms with van der Waals surface area (Å²) in [6, 6.07) is 4.12. The van der Waals surface area contributed by atoms with Gasteiger partial charge in [-0.2, -0.15) is 0 Å². The maximum atomic E-state index is 12.3. The van der Waals surface area contributed by atoms with Crippen LogP contribution in [0.25, 0.3) is 0 Å². The number of rotatable bonds is 5. The molecule has 0 amide bonds. The molecular formula is C12H13N3O5S. The highest BCUT2D eigenvalue weighted by Gasteiger charge is 2.21. The van der Waals surface area contributed by atoms with Gasteiger partial charge in [0.05, 0.1) is 7.11 Å². The third kappa shape index (κ3) is 2.97. The van der Waals surface area contributed by atoms with Gasteiger partial charge in [-0.1, -0.05) is 0 Å². The Bertz CT molecular complexity index is 782. The largest absolute Gasteiger partial charge is 0.480 e. The number of aromatic carboxylic acids is 1. The minimum absolute atomic E-state index is 0.121. The predicted molar refractivity (Wildman–Crippen MR) is 74.0 cm³/mol. The summed E-state index contributed by atoms with van der Waals surface area (Å²) in [5, 5.41) is 8.95. The number of carbonyl (C=O) groups is 1. The highest BCUT2D eigenvalue weighted by Crippen LogP contribution is 2.24. The Hall–Kier alpha value is -2.55. The first-order chi connectivity index (χ1) is 9.85. The molecule has 2 aromatic rings. The first kappa shape index (κ1) is 14.9. The molecule has 2 aromatic heterocycles. The number of carboxylic acid groups (broad SMARTS) is 1. The van der Waals surface area contributed by atoms with E-state index < -0.39 is 16.0 Å². The molecule has 0 aliphatic carbocycles. The summed E-state index contributed by atoms with van der Waals surface area (Å²) in [6.45, 7) is 0. The molecule has 0 aliphatic heterocycles. The Kier molecular flexibility index (Phi) is 3.85. The summed E-state index contributed by atoms with van der Waals surface area (Å²) < 4.78 is 33.0. The Labute approximate surface area is 121 Å². The number of methoxy groups -OCH3 is 1. The van der Waals surface area contributed by atoms with Gasteiger partial charge >= 0.3 is 5.97 Å². The molecule has 9 heteroatoms. The standard InChI is InChI=1S/C12H13N3O5S/c1-15-7-8(6-10(15)12(16)17)21(18,19)14-9-4-3-5-13-11(9)20-2/h3-7,14H,1-2H3,(H,16,17). The number of nitrogens with one attached hydrogen (secondary N) is 1. The van der Waals surface area contributed by atoms with Gasteiger partial charge in [0, 0.05) is 19.4 Å². The molecule has 0 aliphatic rings. The Morgan fingerprint density at radius 2 is 2.19 bits per heavy atom. The van der Waals surface area contributed by atoms with Gasteiger partial charge in [-0.3, -0.25) is 4.72 Å². The van der Waals surface area contributed by atoms with Crippen LogP contribution in [0, 0.1) is 0 Å². The van der Waals surface area contributed by atoms with E-state index in [1.165, 1.54) is 37.2 Å². The molecule has 0 fully saturated rings. The maximum absolute atomic E-state index is 12.3. The predicted octanol–water partition coefficient (Wildman–Crippen LogP) is 0.928. The summed E-state index contributed by atoms with van der Waals surface area (Å²) in [7, 11) is -1.12. The van der Waals surface area contributed by atoms with Crippen LogP contribution in [0.1, 0.15) is 10.5 Å². The molecule has 2 heterocycles. The smallest absolute Gasteiger partial charge is 0.352 e. The topological polar surface area (TPSA) is 111 Å². The van der Waals surface area contributed by atoms with Crippen LogP contribution in [-0.4, -0.2) is 36.2 Å². The second-order valence-corrected chi connectivity index (χ2v) is 5.83. The van der Waals surface area contributed by atoms with Crippen LogP contribution in [0.5, 0.6) is 5.88 Å².